The van der Waals surface area contributed by atoms with Gasteiger partial charge in [-0.05, 0) is 26.7 Å². The van der Waals surface area contributed by atoms with E-state index in [-0.39, 0.29) is 29.0 Å². The van der Waals surface area contributed by atoms with Gasteiger partial charge in [-0.25, -0.2) is 8.42 Å². The zero-order valence-corrected chi connectivity index (χ0v) is 15.2. The minimum absolute atomic E-state index is 0.110. The number of aliphatic imine (C=N–C) groups is 1. The summed E-state index contributed by atoms with van der Waals surface area (Å²) in [7, 11) is -3.71. The number of nitrogens with zero attached hydrogens (tertiary/aromatic N) is 3. The Kier molecular flexibility index (Phi) is 4.97. The second-order valence-electron chi connectivity index (χ2n) is 5.88. The van der Waals surface area contributed by atoms with Crippen LogP contribution in [0.4, 0.5) is 0 Å². The molecular formula is C14H20N4O4S2. The van der Waals surface area contributed by atoms with Crippen molar-refractivity contribution in [3.8, 4) is 0 Å². The summed E-state index contributed by atoms with van der Waals surface area (Å²) >= 11 is 1.51. The van der Waals surface area contributed by atoms with E-state index in [1.54, 1.807) is 13.8 Å². The van der Waals surface area contributed by atoms with Crippen molar-refractivity contribution in [1.29, 1.82) is 0 Å². The fourth-order valence-electron chi connectivity index (χ4n) is 2.96. The first-order valence-electron chi connectivity index (χ1n) is 7.80. The molecule has 1 aromatic rings. The highest BCUT2D eigenvalue weighted by molar-refractivity contribution is 8.14. The zero-order valence-electron chi connectivity index (χ0n) is 13.6. The predicted octanol–water partition coefficient (Wildman–Crippen LogP) is 0.911. The third-order valence-electron chi connectivity index (χ3n) is 4.14. The van der Waals surface area contributed by atoms with Crippen molar-refractivity contribution in [2.75, 3.05) is 25.4 Å². The van der Waals surface area contributed by atoms with Crippen LogP contribution >= 0.6 is 11.8 Å². The Bertz CT molecular complexity index is 752. The number of sulfonamides is 1. The maximum absolute atomic E-state index is 12.9. The summed E-state index contributed by atoms with van der Waals surface area (Å²) in [6.45, 7) is 4.45. The van der Waals surface area contributed by atoms with E-state index in [0.717, 1.165) is 5.75 Å². The molecule has 10 heteroatoms. The molecule has 24 heavy (non-hydrogen) atoms. The summed E-state index contributed by atoms with van der Waals surface area (Å²) in [5.41, 5.74) is 0.343. The van der Waals surface area contributed by atoms with E-state index in [1.807, 2.05) is 0 Å². The van der Waals surface area contributed by atoms with Gasteiger partial charge in [0.15, 0.2) is 10.9 Å². The molecule has 1 atom stereocenters. The Hall–Kier alpha value is -1.39. The number of rotatable bonds is 3. The van der Waals surface area contributed by atoms with E-state index >= 15 is 0 Å². The molecule has 3 rings (SSSR count). The van der Waals surface area contributed by atoms with Gasteiger partial charge in [0.1, 0.15) is 10.6 Å². The largest absolute Gasteiger partial charge is 0.360 e. The molecule has 0 radical (unpaired) electrons. The van der Waals surface area contributed by atoms with Crippen LogP contribution in [0.15, 0.2) is 14.4 Å². The number of hydrogen-bond donors (Lipinski definition) is 1. The highest BCUT2D eigenvalue weighted by atomic mass is 32.2. The maximum Gasteiger partial charge on any atom is 0.248 e. The van der Waals surface area contributed by atoms with Gasteiger partial charge in [0.25, 0.3) is 0 Å². The van der Waals surface area contributed by atoms with Gasteiger partial charge in [-0.15, -0.1) is 0 Å². The van der Waals surface area contributed by atoms with Crippen LogP contribution in [0.25, 0.3) is 0 Å². The molecule has 3 heterocycles. The Balaban J connectivity index is 1.74. The van der Waals surface area contributed by atoms with Crippen molar-refractivity contribution in [3.63, 3.8) is 0 Å². The first kappa shape index (κ1) is 17.4. The number of thioether (sulfide) groups is 1. The molecular weight excluding hydrogens is 352 g/mol. The van der Waals surface area contributed by atoms with Crippen molar-refractivity contribution >= 4 is 32.9 Å². The molecule has 0 aromatic carbocycles. The molecule has 0 aliphatic carbocycles. The normalized spacial score (nSPS) is 22.4. The summed E-state index contributed by atoms with van der Waals surface area (Å²) in [5.74, 6) is 0.600. The molecule has 0 bridgehead atoms. The quantitative estimate of drug-likeness (QED) is 0.846. The highest BCUT2D eigenvalue weighted by Gasteiger charge is 2.36. The maximum atomic E-state index is 12.9. The van der Waals surface area contributed by atoms with Gasteiger partial charge < -0.3 is 9.84 Å². The monoisotopic (exact) mass is 372 g/mol. The molecule has 1 unspecified atom stereocenters. The van der Waals surface area contributed by atoms with E-state index in [1.165, 1.54) is 16.1 Å². The first-order chi connectivity index (χ1) is 11.4. The molecule has 2 aliphatic rings. The summed E-state index contributed by atoms with van der Waals surface area (Å²) < 4.78 is 32.1. The summed E-state index contributed by atoms with van der Waals surface area (Å²) in [4.78, 5) is 16.7. The van der Waals surface area contributed by atoms with Crippen LogP contribution in [-0.4, -0.2) is 54.3 Å². The number of carbonyl (C=O) groups excluding carboxylic acids is 1. The molecule has 0 spiro atoms. The van der Waals surface area contributed by atoms with Crippen LogP contribution in [0.1, 0.15) is 24.3 Å². The Morgan fingerprint density at radius 2 is 2.21 bits per heavy atom. The van der Waals surface area contributed by atoms with Gasteiger partial charge >= 0.3 is 0 Å². The van der Waals surface area contributed by atoms with Crippen molar-refractivity contribution in [3.05, 3.63) is 11.5 Å². The number of carbonyl (C=O) groups is 1. The second kappa shape index (κ2) is 6.85. The molecule has 1 N–H and O–H groups in total. The highest BCUT2D eigenvalue weighted by Crippen LogP contribution is 2.27. The van der Waals surface area contributed by atoms with Crippen LogP contribution in [0.3, 0.4) is 0 Å². The summed E-state index contributed by atoms with van der Waals surface area (Å²) in [6.07, 6.45) is 1.30. The number of piperidine rings is 1. The van der Waals surface area contributed by atoms with Crippen molar-refractivity contribution < 1.29 is 17.7 Å². The molecule has 1 amide bonds. The number of aromatic nitrogens is 1. The SMILES string of the molecule is Cc1noc(C)c1S(=O)(=O)N1CCCC(C(=O)NC2=NCCS2)C1. The average molecular weight is 372 g/mol. The van der Waals surface area contributed by atoms with Gasteiger partial charge in [0.2, 0.25) is 15.9 Å². The number of amides is 1. The van der Waals surface area contributed by atoms with Gasteiger partial charge in [-0.3, -0.25) is 9.79 Å². The van der Waals surface area contributed by atoms with Crippen LogP contribution in [0, 0.1) is 19.8 Å². The van der Waals surface area contributed by atoms with Crippen molar-refractivity contribution in [2.24, 2.45) is 10.9 Å². The second-order valence-corrected chi connectivity index (χ2v) is 8.84. The van der Waals surface area contributed by atoms with E-state index in [9.17, 15) is 13.2 Å². The number of hydrogen-bond acceptors (Lipinski definition) is 7. The first-order valence-corrected chi connectivity index (χ1v) is 10.2. The third-order valence-corrected chi connectivity index (χ3v) is 7.14. The van der Waals surface area contributed by atoms with Crippen molar-refractivity contribution in [1.82, 2.24) is 14.8 Å². The van der Waals surface area contributed by atoms with Gasteiger partial charge in [0.05, 0.1) is 12.5 Å². The Morgan fingerprint density at radius 3 is 2.83 bits per heavy atom. The standard InChI is InChI=1S/C14H20N4O4S2/c1-9-12(10(2)22-17-9)24(20,21)18-6-3-4-11(8-18)13(19)16-14-15-5-7-23-14/h11H,3-8H2,1-2H3,(H,15,16,19). The van der Waals surface area contributed by atoms with E-state index in [4.69, 9.17) is 4.52 Å². The fourth-order valence-corrected chi connectivity index (χ4v) is 5.51. The average Bonchev–Trinajstić information content (AvgIpc) is 3.17. The lowest BCUT2D eigenvalue weighted by molar-refractivity contribution is -0.124. The molecule has 1 saturated heterocycles. The van der Waals surface area contributed by atoms with E-state index in [0.29, 0.717) is 36.8 Å². The van der Waals surface area contributed by atoms with Gasteiger partial charge in [-0.2, -0.15) is 4.31 Å². The molecule has 8 nitrogen and oxygen atoms in total. The number of nitrogens with one attached hydrogen (secondary N) is 1. The molecule has 0 saturated carbocycles. The Morgan fingerprint density at radius 1 is 1.42 bits per heavy atom. The molecule has 1 aromatic heterocycles. The van der Waals surface area contributed by atoms with Crippen molar-refractivity contribution in [2.45, 2.75) is 31.6 Å². The van der Waals surface area contributed by atoms with E-state index in [2.05, 4.69) is 15.5 Å². The van der Waals surface area contributed by atoms with Crippen LogP contribution in [0.2, 0.25) is 0 Å². The fraction of sp³-hybridized carbons (Fsp3) is 0.643. The lowest BCUT2D eigenvalue weighted by Crippen LogP contribution is -2.46. The van der Waals surface area contributed by atoms with Gasteiger partial charge in [0, 0.05) is 18.8 Å². The van der Waals surface area contributed by atoms with Gasteiger partial charge in [-0.1, -0.05) is 16.9 Å². The topological polar surface area (TPSA) is 105 Å². The third kappa shape index (κ3) is 3.35. The molecule has 2 aliphatic heterocycles. The van der Waals surface area contributed by atoms with E-state index < -0.39 is 10.0 Å². The van der Waals surface area contributed by atoms with Crippen LogP contribution in [-0.2, 0) is 14.8 Å². The van der Waals surface area contributed by atoms with Crippen LogP contribution < -0.4 is 5.32 Å². The predicted molar refractivity (Wildman–Crippen MR) is 90.4 cm³/mol. The number of aryl methyl sites for hydroxylation is 2. The Labute approximate surface area is 145 Å². The number of amidine groups is 1. The minimum atomic E-state index is -3.71. The summed E-state index contributed by atoms with van der Waals surface area (Å²) in [6, 6.07) is 0. The van der Waals surface area contributed by atoms with Crippen LogP contribution in [0.5, 0.6) is 0 Å². The smallest absolute Gasteiger partial charge is 0.248 e. The lowest BCUT2D eigenvalue weighted by atomic mass is 9.99. The zero-order chi connectivity index (χ0) is 17.3. The molecule has 132 valence electrons. The lowest BCUT2D eigenvalue weighted by Gasteiger charge is -2.31. The summed E-state index contributed by atoms with van der Waals surface area (Å²) in [5, 5.41) is 7.15. The molecule has 1 fully saturated rings. The minimum Gasteiger partial charge on any atom is -0.360 e.